The van der Waals surface area contributed by atoms with E-state index in [1.165, 1.54) is 11.3 Å². The molecule has 0 aliphatic carbocycles. The van der Waals surface area contributed by atoms with Gasteiger partial charge in [-0.25, -0.2) is 4.98 Å². The van der Waals surface area contributed by atoms with Crippen molar-refractivity contribution in [3.63, 3.8) is 0 Å². The van der Waals surface area contributed by atoms with Crippen molar-refractivity contribution in [2.24, 2.45) is 0 Å². The van der Waals surface area contributed by atoms with E-state index in [2.05, 4.69) is 9.88 Å². The maximum absolute atomic E-state index is 5.52. The molecule has 1 aromatic heterocycles. The minimum atomic E-state index is 0.634. The van der Waals surface area contributed by atoms with E-state index >= 15 is 0 Å². The first-order valence-corrected chi connectivity index (χ1v) is 4.97. The number of aromatic nitrogens is 1. The maximum Gasteiger partial charge on any atom is 0.180 e. The third kappa shape index (κ3) is 3.71. The van der Waals surface area contributed by atoms with Gasteiger partial charge in [-0.05, 0) is 7.05 Å². The van der Waals surface area contributed by atoms with E-state index in [0.29, 0.717) is 5.13 Å². The highest BCUT2D eigenvalue weighted by molar-refractivity contribution is 7.13. The molecule has 0 bridgehead atoms. The predicted molar refractivity (Wildman–Crippen MR) is 54.7 cm³/mol. The van der Waals surface area contributed by atoms with Crippen LogP contribution in [-0.4, -0.2) is 37.2 Å². The van der Waals surface area contributed by atoms with Gasteiger partial charge in [-0.15, -0.1) is 11.3 Å². The smallest absolute Gasteiger partial charge is 0.180 e. The van der Waals surface area contributed by atoms with Crippen LogP contribution in [0.2, 0.25) is 0 Å². The number of anilines is 1. The Kier molecular flexibility index (Phi) is 4.14. The Morgan fingerprint density at radius 1 is 1.69 bits per heavy atom. The Balaban J connectivity index is 2.31. The van der Waals surface area contributed by atoms with Crippen molar-refractivity contribution < 1.29 is 4.74 Å². The Bertz CT molecular complexity index is 251. The van der Waals surface area contributed by atoms with Gasteiger partial charge in [0, 0.05) is 25.6 Å². The lowest BCUT2D eigenvalue weighted by Gasteiger charge is -2.13. The van der Waals surface area contributed by atoms with Crippen molar-refractivity contribution in [2.75, 3.05) is 33.0 Å². The second-order valence-corrected chi connectivity index (χ2v) is 3.80. The van der Waals surface area contributed by atoms with Crippen LogP contribution in [0, 0.1) is 0 Å². The van der Waals surface area contributed by atoms with Crippen LogP contribution in [-0.2, 0) is 11.3 Å². The van der Waals surface area contributed by atoms with E-state index in [1.54, 1.807) is 7.11 Å². The van der Waals surface area contributed by atoms with Gasteiger partial charge in [-0.2, -0.15) is 0 Å². The summed E-state index contributed by atoms with van der Waals surface area (Å²) < 4.78 is 4.97. The molecular weight excluding hydrogens is 186 g/mol. The predicted octanol–water partition coefficient (Wildman–Crippen LogP) is 0.804. The molecule has 0 saturated carbocycles. The molecule has 0 aromatic carbocycles. The van der Waals surface area contributed by atoms with Crippen LogP contribution in [0.5, 0.6) is 0 Å². The SMILES string of the molecule is COCCN(C)Cc1csc(N)n1. The van der Waals surface area contributed by atoms with Gasteiger partial charge in [0.1, 0.15) is 0 Å². The van der Waals surface area contributed by atoms with Crippen LogP contribution in [0.1, 0.15) is 5.69 Å². The average Bonchev–Trinajstić information content (AvgIpc) is 2.48. The van der Waals surface area contributed by atoms with Crippen molar-refractivity contribution in [1.29, 1.82) is 0 Å². The van der Waals surface area contributed by atoms with Crippen molar-refractivity contribution in [3.05, 3.63) is 11.1 Å². The Hall–Kier alpha value is -0.650. The van der Waals surface area contributed by atoms with E-state index in [9.17, 15) is 0 Å². The zero-order chi connectivity index (χ0) is 9.68. The molecule has 4 nitrogen and oxygen atoms in total. The van der Waals surface area contributed by atoms with Crippen molar-refractivity contribution >= 4 is 16.5 Å². The number of hydrogen-bond donors (Lipinski definition) is 1. The van der Waals surface area contributed by atoms with E-state index in [4.69, 9.17) is 10.5 Å². The zero-order valence-corrected chi connectivity index (χ0v) is 8.80. The summed E-state index contributed by atoms with van der Waals surface area (Å²) in [5.41, 5.74) is 6.55. The van der Waals surface area contributed by atoms with Gasteiger partial charge in [0.15, 0.2) is 5.13 Å². The van der Waals surface area contributed by atoms with Crippen molar-refractivity contribution in [3.8, 4) is 0 Å². The first-order chi connectivity index (χ1) is 6.22. The number of likely N-dealkylation sites (N-methyl/N-ethyl adjacent to an activating group) is 1. The molecule has 0 amide bonds. The molecule has 0 fully saturated rings. The third-order valence-corrected chi connectivity index (χ3v) is 2.40. The van der Waals surface area contributed by atoms with Crippen LogP contribution in [0.3, 0.4) is 0 Å². The zero-order valence-electron chi connectivity index (χ0n) is 7.99. The number of nitrogens with zero attached hydrogens (tertiary/aromatic N) is 2. The fourth-order valence-electron chi connectivity index (χ4n) is 0.998. The molecule has 0 atom stereocenters. The summed E-state index contributed by atoms with van der Waals surface area (Å²) in [7, 11) is 3.74. The first-order valence-electron chi connectivity index (χ1n) is 4.09. The number of thiazole rings is 1. The number of nitrogen functional groups attached to an aromatic ring is 1. The van der Waals surface area contributed by atoms with Gasteiger partial charge in [0.05, 0.1) is 12.3 Å². The summed E-state index contributed by atoms with van der Waals surface area (Å²) in [4.78, 5) is 6.32. The van der Waals surface area contributed by atoms with Gasteiger partial charge in [-0.3, -0.25) is 4.90 Å². The van der Waals surface area contributed by atoms with Crippen LogP contribution in [0.25, 0.3) is 0 Å². The highest BCUT2D eigenvalue weighted by Crippen LogP contribution is 2.11. The summed E-state index contributed by atoms with van der Waals surface area (Å²) >= 11 is 1.48. The highest BCUT2D eigenvalue weighted by Gasteiger charge is 2.02. The number of hydrogen-bond acceptors (Lipinski definition) is 5. The molecular formula is C8H15N3OS. The van der Waals surface area contributed by atoms with E-state index in [0.717, 1.165) is 25.4 Å². The largest absolute Gasteiger partial charge is 0.383 e. The summed E-state index contributed by atoms with van der Waals surface area (Å²) in [6.45, 7) is 2.49. The Morgan fingerprint density at radius 3 is 3.00 bits per heavy atom. The second kappa shape index (κ2) is 5.16. The molecule has 0 saturated heterocycles. The number of rotatable bonds is 5. The van der Waals surface area contributed by atoms with Crippen molar-refractivity contribution in [1.82, 2.24) is 9.88 Å². The third-order valence-electron chi connectivity index (χ3n) is 1.68. The van der Waals surface area contributed by atoms with Crippen LogP contribution in [0.15, 0.2) is 5.38 Å². The highest BCUT2D eigenvalue weighted by atomic mass is 32.1. The van der Waals surface area contributed by atoms with Gasteiger partial charge in [0.2, 0.25) is 0 Å². The molecule has 1 aromatic rings. The maximum atomic E-state index is 5.52. The van der Waals surface area contributed by atoms with Crippen LogP contribution >= 0.6 is 11.3 Å². The van der Waals surface area contributed by atoms with E-state index < -0.39 is 0 Å². The van der Waals surface area contributed by atoms with Crippen LogP contribution < -0.4 is 5.73 Å². The molecule has 1 rings (SSSR count). The number of ether oxygens (including phenoxy) is 1. The van der Waals surface area contributed by atoms with Gasteiger partial charge in [-0.1, -0.05) is 0 Å². The molecule has 1 heterocycles. The minimum absolute atomic E-state index is 0.634. The topological polar surface area (TPSA) is 51.4 Å². The lowest BCUT2D eigenvalue weighted by molar-refractivity contribution is 0.158. The normalized spacial score (nSPS) is 11.0. The number of methoxy groups -OCH3 is 1. The molecule has 0 aliphatic rings. The van der Waals surface area contributed by atoms with E-state index in [-0.39, 0.29) is 0 Å². The summed E-state index contributed by atoms with van der Waals surface area (Å²) in [6.07, 6.45) is 0. The van der Waals surface area contributed by atoms with Gasteiger partial charge in [0.25, 0.3) is 0 Å². The first kappa shape index (κ1) is 10.4. The molecule has 74 valence electrons. The molecule has 2 N–H and O–H groups in total. The monoisotopic (exact) mass is 201 g/mol. The number of nitrogens with two attached hydrogens (primary N) is 1. The Morgan fingerprint density at radius 2 is 2.46 bits per heavy atom. The quantitative estimate of drug-likeness (QED) is 0.765. The lowest BCUT2D eigenvalue weighted by Crippen LogP contribution is -2.22. The fraction of sp³-hybridized carbons (Fsp3) is 0.625. The molecule has 5 heteroatoms. The van der Waals surface area contributed by atoms with Gasteiger partial charge >= 0.3 is 0 Å². The molecule has 0 aliphatic heterocycles. The average molecular weight is 201 g/mol. The standard InChI is InChI=1S/C8H15N3OS/c1-11(3-4-12-2)5-7-6-13-8(9)10-7/h6H,3-5H2,1-2H3,(H2,9,10). The molecule has 13 heavy (non-hydrogen) atoms. The molecule has 0 radical (unpaired) electrons. The summed E-state index contributed by atoms with van der Waals surface area (Å²) in [5.74, 6) is 0. The molecule has 0 unspecified atom stereocenters. The minimum Gasteiger partial charge on any atom is -0.383 e. The fourth-order valence-corrected chi connectivity index (χ4v) is 1.55. The summed E-state index contributed by atoms with van der Waals surface area (Å²) in [5, 5.41) is 2.62. The second-order valence-electron chi connectivity index (χ2n) is 2.91. The van der Waals surface area contributed by atoms with E-state index in [1.807, 2.05) is 12.4 Å². The van der Waals surface area contributed by atoms with Gasteiger partial charge < -0.3 is 10.5 Å². The summed E-state index contributed by atoms with van der Waals surface area (Å²) in [6, 6.07) is 0. The van der Waals surface area contributed by atoms with Crippen LogP contribution in [0.4, 0.5) is 5.13 Å². The Labute approximate surface area is 82.3 Å². The lowest BCUT2D eigenvalue weighted by atomic mass is 10.4. The molecule has 0 spiro atoms. The van der Waals surface area contributed by atoms with Crippen molar-refractivity contribution in [2.45, 2.75) is 6.54 Å².